The highest BCUT2D eigenvalue weighted by Gasteiger charge is 2.44. The van der Waals surface area contributed by atoms with Crippen molar-refractivity contribution in [2.75, 3.05) is 19.8 Å². The summed E-state index contributed by atoms with van der Waals surface area (Å²) in [6.45, 7) is 4.24. The van der Waals surface area contributed by atoms with E-state index < -0.39 is 49.5 Å². The molecule has 0 saturated carbocycles. The molecule has 0 aromatic rings. The number of aliphatic hydroxyl groups is 5. The Balaban J connectivity index is 1.88. The summed E-state index contributed by atoms with van der Waals surface area (Å²) in [4.78, 5) is 25.2. The fourth-order valence-electron chi connectivity index (χ4n) is 12.3. The van der Waals surface area contributed by atoms with E-state index in [4.69, 9.17) is 14.2 Å². The van der Waals surface area contributed by atoms with E-state index in [2.05, 4.69) is 67.8 Å². The Morgan fingerprint density at radius 2 is 0.780 bits per heavy atom. The molecule has 0 aromatic heterocycles. The van der Waals surface area contributed by atoms with Gasteiger partial charge in [0.1, 0.15) is 24.4 Å². The van der Waals surface area contributed by atoms with E-state index in [1.807, 2.05) is 6.08 Å². The highest BCUT2D eigenvalue weighted by molar-refractivity contribution is 5.76. The first kappa shape index (κ1) is 86.4. The minimum atomic E-state index is -1.58. The number of allylic oxidation sites excluding steroid dienone is 9. The molecular formula is C80H147NO10. The number of hydrogen-bond donors (Lipinski definition) is 6. The van der Waals surface area contributed by atoms with Crippen molar-refractivity contribution in [2.24, 2.45) is 0 Å². The third-order valence-electron chi connectivity index (χ3n) is 18.3. The largest absolute Gasteiger partial charge is 0.466 e. The third-order valence-corrected chi connectivity index (χ3v) is 18.3. The van der Waals surface area contributed by atoms with Gasteiger partial charge in [-0.25, -0.2) is 0 Å². The maximum atomic E-state index is 13.0. The lowest BCUT2D eigenvalue weighted by atomic mass is 9.99. The normalized spacial score (nSPS) is 17.9. The van der Waals surface area contributed by atoms with Crippen LogP contribution in [0.1, 0.15) is 373 Å². The van der Waals surface area contributed by atoms with Crippen molar-refractivity contribution in [3.05, 3.63) is 60.8 Å². The number of carbonyl (C=O) groups excluding carboxylic acids is 2. The van der Waals surface area contributed by atoms with Gasteiger partial charge in [0.25, 0.3) is 0 Å². The van der Waals surface area contributed by atoms with Gasteiger partial charge in [-0.1, -0.05) is 338 Å². The first-order valence-electron chi connectivity index (χ1n) is 39.1. The van der Waals surface area contributed by atoms with Gasteiger partial charge in [0.2, 0.25) is 5.91 Å². The predicted octanol–water partition coefficient (Wildman–Crippen LogP) is 20.9. The van der Waals surface area contributed by atoms with Gasteiger partial charge in [0.15, 0.2) is 6.29 Å². The lowest BCUT2D eigenvalue weighted by molar-refractivity contribution is -0.302. The zero-order valence-corrected chi connectivity index (χ0v) is 59.3. The molecule has 91 heavy (non-hydrogen) atoms. The molecule has 1 heterocycles. The van der Waals surface area contributed by atoms with Crippen molar-refractivity contribution < 1.29 is 49.3 Å². The SMILES string of the molecule is CC/C=C/CC/C=C/CC/C=C/C(O)C(COC1OC(CO)C(O)C(O)C1O)NC(=O)CCCCCCCCCCCCCCCCCCC/C=C\C/C=C\CCCCCCCCCCCCCOC(=O)CCCCCCCCCCCCCCCCCCCC. The molecule has 11 heteroatoms. The standard InChI is InChI=1S/C80H147NO10/c1-3-5-7-9-11-13-15-16-17-18-39-42-45-48-52-56-60-64-68-76(85)89-69-65-61-57-53-49-46-43-40-37-35-33-31-29-27-25-23-21-19-20-22-24-26-28-30-32-34-36-38-41-44-47-51-55-59-63-67-75(84)81-72(71-90-80-79(88)78(87)77(86)74(70-82)91-80)73(83)66-62-58-54-50-14-12-10-8-6-4-2/h6,8,14,21,23,27,29,50,62,66,72-74,77-80,82-83,86-88H,3-5,7,9-13,15-20,22,24-26,28,30-49,51-61,63-65,67-71H2,1-2H3,(H,81,84)/b8-6+,23-21-,29-27-,50-14+,66-62+. The van der Waals surface area contributed by atoms with E-state index >= 15 is 0 Å². The molecule has 532 valence electrons. The zero-order chi connectivity index (χ0) is 65.8. The number of hydrogen-bond acceptors (Lipinski definition) is 10. The van der Waals surface area contributed by atoms with Crippen LogP contribution in [0.5, 0.6) is 0 Å². The summed E-state index contributed by atoms with van der Waals surface area (Å²) in [6.07, 6.45) is 82.7. The molecule has 0 bridgehead atoms. The van der Waals surface area contributed by atoms with E-state index in [0.717, 1.165) is 70.6 Å². The lowest BCUT2D eigenvalue weighted by Crippen LogP contribution is -2.60. The van der Waals surface area contributed by atoms with Crippen LogP contribution in [0, 0.1) is 0 Å². The fraction of sp³-hybridized carbons (Fsp3) is 0.850. The van der Waals surface area contributed by atoms with Crippen LogP contribution in [-0.4, -0.2) is 100 Å². The van der Waals surface area contributed by atoms with Crippen LogP contribution in [0.4, 0.5) is 0 Å². The van der Waals surface area contributed by atoms with Gasteiger partial charge in [-0.15, -0.1) is 0 Å². The number of rotatable bonds is 69. The second-order valence-electron chi connectivity index (χ2n) is 27.0. The monoisotopic (exact) mass is 1280 g/mol. The van der Waals surface area contributed by atoms with E-state index in [9.17, 15) is 35.1 Å². The zero-order valence-electron chi connectivity index (χ0n) is 59.3. The van der Waals surface area contributed by atoms with Crippen molar-refractivity contribution in [3.63, 3.8) is 0 Å². The molecule has 1 saturated heterocycles. The number of carbonyl (C=O) groups is 2. The third kappa shape index (κ3) is 57.3. The molecule has 1 fully saturated rings. The van der Waals surface area contributed by atoms with Crippen molar-refractivity contribution in [1.82, 2.24) is 5.32 Å². The van der Waals surface area contributed by atoms with Crippen molar-refractivity contribution in [3.8, 4) is 0 Å². The highest BCUT2D eigenvalue weighted by atomic mass is 16.7. The average Bonchev–Trinajstić information content (AvgIpc) is 3.02. The van der Waals surface area contributed by atoms with E-state index in [1.54, 1.807) is 6.08 Å². The molecule has 7 unspecified atom stereocenters. The number of nitrogens with one attached hydrogen (secondary N) is 1. The molecule has 1 aliphatic rings. The molecule has 7 atom stereocenters. The molecule has 0 radical (unpaired) electrons. The molecule has 11 nitrogen and oxygen atoms in total. The number of esters is 1. The maximum absolute atomic E-state index is 13.0. The lowest BCUT2D eigenvalue weighted by Gasteiger charge is -2.40. The van der Waals surface area contributed by atoms with Gasteiger partial charge in [0, 0.05) is 12.8 Å². The number of unbranched alkanes of at least 4 members (excludes halogenated alkanes) is 47. The molecule has 0 aromatic carbocycles. The van der Waals surface area contributed by atoms with Gasteiger partial charge in [-0.3, -0.25) is 9.59 Å². The molecule has 6 N–H and O–H groups in total. The van der Waals surface area contributed by atoms with Crippen LogP contribution >= 0.6 is 0 Å². The summed E-state index contributed by atoms with van der Waals surface area (Å²) in [7, 11) is 0. The quantitative estimate of drug-likeness (QED) is 0.0195. The second-order valence-corrected chi connectivity index (χ2v) is 27.0. The fourth-order valence-corrected chi connectivity index (χ4v) is 12.3. The maximum Gasteiger partial charge on any atom is 0.305 e. The number of ether oxygens (including phenoxy) is 3. The summed E-state index contributed by atoms with van der Waals surface area (Å²) in [5.41, 5.74) is 0. The van der Waals surface area contributed by atoms with E-state index in [-0.39, 0.29) is 18.5 Å². The van der Waals surface area contributed by atoms with Gasteiger partial charge < -0.3 is 45.1 Å². The van der Waals surface area contributed by atoms with Crippen LogP contribution in [0.25, 0.3) is 0 Å². The van der Waals surface area contributed by atoms with Crippen LogP contribution in [-0.2, 0) is 23.8 Å². The van der Waals surface area contributed by atoms with Crippen molar-refractivity contribution in [1.29, 1.82) is 0 Å². The molecule has 1 amide bonds. The minimum absolute atomic E-state index is 0.0144. The van der Waals surface area contributed by atoms with Crippen LogP contribution in [0.3, 0.4) is 0 Å². The van der Waals surface area contributed by atoms with Gasteiger partial charge in [-0.05, 0) is 83.5 Å². The smallest absolute Gasteiger partial charge is 0.305 e. The van der Waals surface area contributed by atoms with Gasteiger partial charge >= 0.3 is 5.97 Å². The first-order chi connectivity index (χ1) is 44.7. The van der Waals surface area contributed by atoms with Gasteiger partial charge in [-0.2, -0.15) is 0 Å². The minimum Gasteiger partial charge on any atom is -0.466 e. The molecule has 1 rings (SSSR count). The van der Waals surface area contributed by atoms with E-state index in [1.165, 1.54) is 276 Å². The Bertz CT molecular complexity index is 1700. The van der Waals surface area contributed by atoms with Crippen molar-refractivity contribution in [2.45, 2.75) is 416 Å². The predicted molar refractivity (Wildman–Crippen MR) is 384 cm³/mol. The number of aliphatic hydroxyl groups excluding tert-OH is 5. The summed E-state index contributed by atoms with van der Waals surface area (Å²) in [6, 6.07) is -0.833. The van der Waals surface area contributed by atoms with Crippen LogP contribution in [0.15, 0.2) is 60.8 Å². The van der Waals surface area contributed by atoms with Crippen LogP contribution < -0.4 is 5.32 Å². The molecule has 1 aliphatic heterocycles. The van der Waals surface area contributed by atoms with Crippen molar-refractivity contribution >= 4 is 11.9 Å². The Morgan fingerprint density at radius 3 is 1.20 bits per heavy atom. The topological polar surface area (TPSA) is 175 Å². The number of amides is 1. The van der Waals surface area contributed by atoms with Gasteiger partial charge in [0.05, 0.1) is 32.0 Å². The first-order valence-corrected chi connectivity index (χ1v) is 39.1. The highest BCUT2D eigenvalue weighted by Crippen LogP contribution is 2.24. The summed E-state index contributed by atoms with van der Waals surface area (Å²) >= 11 is 0. The van der Waals surface area contributed by atoms with E-state index in [0.29, 0.717) is 19.4 Å². The Hall–Kier alpha value is -2.64. The molecule has 0 spiro atoms. The second kappa shape index (κ2) is 68.7. The Kier molecular flexibility index (Phi) is 65.2. The average molecular weight is 1280 g/mol. The summed E-state index contributed by atoms with van der Waals surface area (Å²) in [5.74, 6) is -0.181. The summed E-state index contributed by atoms with van der Waals surface area (Å²) < 4.78 is 16.7. The van der Waals surface area contributed by atoms with Crippen LogP contribution in [0.2, 0.25) is 0 Å². The Labute approximate surface area is 560 Å². The Morgan fingerprint density at radius 1 is 0.418 bits per heavy atom. The summed E-state index contributed by atoms with van der Waals surface area (Å²) in [5, 5.41) is 54.3. The molecular weight excluding hydrogens is 1130 g/mol. The molecule has 0 aliphatic carbocycles.